The quantitative estimate of drug-likeness (QED) is 0.750. The van der Waals surface area contributed by atoms with E-state index in [9.17, 15) is 0 Å². The van der Waals surface area contributed by atoms with Gasteiger partial charge in [-0.05, 0) is 12.1 Å². The normalized spacial score (nSPS) is 10.2. The van der Waals surface area contributed by atoms with Crippen LogP contribution in [0.25, 0.3) is 11.3 Å². The van der Waals surface area contributed by atoms with Crippen LogP contribution in [-0.4, -0.2) is 24.0 Å². The van der Waals surface area contributed by atoms with Gasteiger partial charge in [-0.25, -0.2) is 9.97 Å². The number of pyridine rings is 1. The van der Waals surface area contributed by atoms with Crippen LogP contribution in [0.1, 0.15) is 19.5 Å². The molecule has 3 rings (SSSR count). The second-order valence-electron chi connectivity index (χ2n) is 3.48. The first kappa shape index (κ1) is 12.3. The van der Waals surface area contributed by atoms with E-state index in [1.807, 2.05) is 47.3 Å². The van der Waals surface area contributed by atoms with Crippen molar-refractivity contribution in [3.8, 4) is 5.69 Å². The molecule has 0 aliphatic carbocycles. The van der Waals surface area contributed by atoms with Crippen LogP contribution in [0.2, 0.25) is 0 Å². The van der Waals surface area contributed by atoms with Gasteiger partial charge in [0.05, 0.1) is 24.3 Å². The van der Waals surface area contributed by atoms with Crippen LogP contribution < -0.4 is 0 Å². The average Bonchev–Trinajstić information content (AvgIpc) is 3.09. The third-order valence-electron chi connectivity index (χ3n) is 2.47. The standard InChI is InChI=1S/C11H10N4O.C2H6/c16-7-9-6-15(8-13-9)10-2-1-4-14-5-3-12-11(10)14;1-2/h1-6,8,16H,7H2;1-2H3. The zero-order chi connectivity index (χ0) is 13.0. The zero-order valence-corrected chi connectivity index (χ0v) is 10.5. The SMILES string of the molecule is CC.OCc1cn(-c2cccn3ccnc23)cn1. The highest BCUT2D eigenvalue weighted by atomic mass is 16.3. The van der Waals surface area contributed by atoms with Gasteiger partial charge in [-0.1, -0.05) is 13.8 Å². The van der Waals surface area contributed by atoms with Gasteiger partial charge >= 0.3 is 0 Å². The van der Waals surface area contributed by atoms with Crippen molar-refractivity contribution in [2.75, 3.05) is 0 Å². The first-order valence-electron chi connectivity index (χ1n) is 5.94. The Morgan fingerprint density at radius 1 is 1.22 bits per heavy atom. The molecule has 18 heavy (non-hydrogen) atoms. The summed E-state index contributed by atoms with van der Waals surface area (Å²) in [5.74, 6) is 0. The molecule has 94 valence electrons. The Morgan fingerprint density at radius 3 is 2.78 bits per heavy atom. The summed E-state index contributed by atoms with van der Waals surface area (Å²) in [6, 6.07) is 3.91. The topological polar surface area (TPSA) is 55.4 Å². The van der Waals surface area contributed by atoms with E-state index in [0.717, 1.165) is 11.3 Å². The molecule has 0 spiro atoms. The lowest BCUT2D eigenvalue weighted by Gasteiger charge is -2.03. The van der Waals surface area contributed by atoms with Crippen molar-refractivity contribution in [1.29, 1.82) is 0 Å². The second kappa shape index (κ2) is 5.46. The molecule has 5 heteroatoms. The second-order valence-corrected chi connectivity index (χ2v) is 3.48. The molecule has 0 unspecified atom stereocenters. The summed E-state index contributed by atoms with van der Waals surface area (Å²) >= 11 is 0. The molecule has 0 fully saturated rings. The Kier molecular flexibility index (Phi) is 3.74. The Labute approximate surface area is 105 Å². The summed E-state index contributed by atoms with van der Waals surface area (Å²) < 4.78 is 3.79. The molecule has 0 saturated heterocycles. The minimum absolute atomic E-state index is 0.0510. The molecule has 0 aliphatic heterocycles. The molecule has 0 bridgehead atoms. The van der Waals surface area contributed by atoms with E-state index >= 15 is 0 Å². The third-order valence-corrected chi connectivity index (χ3v) is 2.47. The predicted molar refractivity (Wildman–Crippen MR) is 69.6 cm³/mol. The van der Waals surface area contributed by atoms with Crippen LogP contribution in [0.3, 0.4) is 0 Å². The summed E-state index contributed by atoms with van der Waals surface area (Å²) in [5.41, 5.74) is 2.46. The van der Waals surface area contributed by atoms with Crippen molar-refractivity contribution < 1.29 is 5.11 Å². The number of nitrogens with zero attached hydrogens (tertiary/aromatic N) is 4. The molecule has 3 aromatic rings. The van der Waals surface area contributed by atoms with Gasteiger partial charge < -0.3 is 14.1 Å². The van der Waals surface area contributed by atoms with Crippen LogP contribution in [0.5, 0.6) is 0 Å². The van der Waals surface area contributed by atoms with Gasteiger partial charge in [0.15, 0.2) is 5.65 Å². The molecule has 1 N–H and O–H groups in total. The molecule has 0 aromatic carbocycles. The lowest BCUT2D eigenvalue weighted by atomic mass is 10.4. The van der Waals surface area contributed by atoms with Crippen molar-refractivity contribution in [2.45, 2.75) is 20.5 Å². The van der Waals surface area contributed by atoms with E-state index in [-0.39, 0.29) is 6.61 Å². The van der Waals surface area contributed by atoms with E-state index in [1.54, 1.807) is 18.7 Å². The Hall–Kier alpha value is -2.14. The largest absolute Gasteiger partial charge is 0.390 e. The fourth-order valence-electron chi connectivity index (χ4n) is 1.71. The number of aliphatic hydroxyl groups is 1. The van der Waals surface area contributed by atoms with Gasteiger partial charge in [-0.3, -0.25) is 0 Å². The molecule has 0 saturated carbocycles. The molecule has 3 aromatic heterocycles. The van der Waals surface area contributed by atoms with Gasteiger partial charge in [0.1, 0.15) is 0 Å². The minimum Gasteiger partial charge on any atom is -0.390 e. The molecular formula is C13H16N4O. The Morgan fingerprint density at radius 2 is 2.06 bits per heavy atom. The number of hydrogen-bond donors (Lipinski definition) is 1. The molecule has 5 nitrogen and oxygen atoms in total. The molecular weight excluding hydrogens is 228 g/mol. The maximum atomic E-state index is 8.97. The number of hydrogen-bond acceptors (Lipinski definition) is 3. The lowest BCUT2D eigenvalue weighted by Crippen LogP contribution is -1.95. The fourth-order valence-corrected chi connectivity index (χ4v) is 1.71. The number of aliphatic hydroxyl groups excluding tert-OH is 1. The van der Waals surface area contributed by atoms with Crippen LogP contribution in [-0.2, 0) is 6.61 Å². The third kappa shape index (κ3) is 2.12. The van der Waals surface area contributed by atoms with E-state index in [2.05, 4.69) is 9.97 Å². The monoisotopic (exact) mass is 244 g/mol. The minimum atomic E-state index is -0.0510. The highest BCUT2D eigenvalue weighted by Crippen LogP contribution is 2.14. The highest BCUT2D eigenvalue weighted by molar-refractivity contribution is 5.58. The first-order chi connectivity index (χ1) is 8.88. The lowest BCUT2D eigenvalue weighted by molar-refractivity contribution is 0.277. The van der Waals surface area contributed by atoms with Gasteiger partial charge in [-0.2, -0.15) is 0 Å². The van der Waals surface area contributed by atoms with E-state index in [0.29, 0.717) is 5.69 Å². The zero-order valence-electron chi connectivity index (χ0n) is 10.5. The van der Waals surface area contributed by atoms with Crippen molar-refractivity contribution >= 4 is 5.65 Å². The smallest absolute Gasteiger partial charge is 0.161 e. The maximum absolute atomic E-state index is 8.97. The van der Waals surface area contributed by atoms with Gasteiger partial charge in [0, 0.05) is 24.8 Å². The highest BCUT2D eigenvalue weighted by Gasteiger charge is 2.05. The summed E-state index contributed by atoms with van der Waals surface area (Å²) in [4.78, 5) is 8.36. The van der Waals surface area contributed by atoms with Crippen LogP contribution in [0.15, 0.2) is 43.2 Å². The fraction of sp³-hybridized carbons (Fsp3) is 0.231. The van der Waals surface area contributed by atoms with Crippen LogP contribution in [0, 0.1) is 0 Å². The summed E-state index contributed by atoms with van der Waals surface area (Å²) in [7, 11) is 0. The molecule has 3 heterocycles. The molecule has 0 atom stereocenters. The molecule has 0 radical (unpaired) electrons. The van der Waals surface area contributed by atoms with Crippen molar-refractivity contribution in [2.24, 2.45) is 0 Å². The Balaban J connectivity index is 0.000000574. The predicted octanol–water partition coefficient (Wildman–Crippen LogP) is 2.04. The number of aromatic nitrogens is 4. The van der Waals surface area contributed by atoms with Crippen LogP contribution in [0.4, 0.5) is 0 Å². The van der Waals surface area contributed by atoms with E-state index in [1.165, 1.54) is 0 Å². The van der Waals surface area contributed by atoms with Gasteiger partial charge in [-0.15, -0.1) is 0 Å². The maximum Gasteiger partial charge on any atom is 0.161 e. The number of fused-ring (bicyclic) bond motifs is 1. The van der Waals surface area contributed by atoms with Crippen molar-refractivity contribution in [3.05, 3.63) is 48.9 Å². The summed E-state index contributed by atoms with van der Waals surface area (Å²) in [5, 5.41) is 8.97. The number of rotatable bonds is 2. The molecule has 0 aliphatic rings. The first-order valence-corrected chi connectivity index (χ1v) is 5.94. The average molecular weight is 244 g/mol. The van der Waals surface area contributed by atoms with Gasteiger partial charge in [0.2, 0.25) is 0 Å². The summed E-state index contributed by atoms with van der Waals surface area (Å²) in [6.45, 7) is 3.95. The van der Waals surface area contributed by atoms with Gasteiger partial charge in [0.25, 0.3) is 0 Å². The summed E-state index contributed by atoms with van der Waals surface area (Å²) in [6.07, 6.45) is 9.06. The molecule has 0 amide bonds. The van der Waals surface area contributed by atoms with E-state index in [4.69, 9.17) is 5.11 Å². The van der Waals surface area contributed by atoms with Crippen LogP contribution >= 0.6 is 0 Å². The Bertz CT molecular complexity index is 627. The van der Waals surface area contributed by atoms with Crippen molar-refractivity contribution in [3.63, 3.8) is 0 Å². The van der Waals surface area contributed by atoms with E-state index < -0.39 is 0 Å². The van der Waals surface area contributed by atoms with Crippen molar-refractivity contribution in [1.82, 2.24) is 18.9 Å². The number of imidazole rings is 2.